The standard InChI is InChI=1S/C10H8F2N2O2/c11-6-1-2-7(8(12)3-6)9(4-13)14-5-10(15)16/h1-3,9,14H,5H2,(H,15,16). The van der Waals surface area contributed by atoms with E-state index in [1.807, 2.05) is 0 Å². The Balaban J connectivity index is 2.87. The van der Waals surface area contributed by atoms with Crippen LogP contribution in [0.25, 0.3) is 0 Å². The second-order valence-electron chi connectivity index (χ2n) is 3.00. The van der Waals surface area contributed by atoms with Gasteiger partial charge in [0, 0.05) is 11.6 Å². The molecule has 0 radical (unpaired) electrons. The van der Waals surface area contributed by atoms with E-state index >= 15 is 0 Å². The summed E-state index contributed by atoms with van der Waals surface area (Å²) in [6.07, 6.45) is 0. The minimum absolute atomic E-state index is 0.0786. The highest BCUT2D eigenvalue weighted by Gasteiger charge is 2.16. The summed E-state index contributed by atoms with van der Waals surface area (Å²) in [6, 6.07) is 3.33. The molecule has 0 aliphatic carbocycles. The predicted octanol–water partition coefficient (Wildman–Crippen LogP) is 1.20. The second kappa shape index (κ2) is 5.19. The minimum atomic E-state index is -1.16. The third-order valence-corrected chi connectivity index (χ3v) is 1.86. The summed E-state index contributed by atoms with van der Waals surface area (Å²) in [7, 11) is 0. The monoisotopic (exact) mass is 226 g/mol. The van der Waals surface area contributed by atoms with Crippen LogP contribution in [0.5, 0.6) is 0 Å². The van der Waals surface area contributed by atoms with Gasteiger partial charge in [0.05, 0.1) is 12.6 Å². The molecule has 4 nitrogen and oxygen atoms in total. The maximum absolute atomic E-state index is 13.2. The Kier molecular flexibility index (Phi) is 3.91. The molecule has 2 N–H and O–H groups in total. The smallest absolute Gasteiger partial charge is 0.317 e. The van der Waals surface area contributed by atoms with E-state index in [9.17, 15) is 13.6 Å². The molecule has 0 saturated heterocycles. The zero-order chi connectivity index (χ0) is 12.1. The van der Waals surface area contributed by atoms with Crippen LogP contribution in [0, 0.1) is 23.0 Å². The van der Waals surface area contributed by atoms with Crippen molar-refractivity contribution in [3.63, 3.8) is 0 Å². The first-order chi connectivity index (χ1) is 7.54. The van der Waals surface area contributed by atoms with Gasteiger partial charge in [-0.1, -0.05) is 6.07 Å². The Labute approximate surface area is 90.1 Å². The number of carboxylic acids is 1. The highest BCUT2D eigenvalue weighted by molar-refractivity contribution is 5.69. The van der Waals surface area contributed by atoms with Gasteiger partial charge in [-0.2, -0.15) is 5.26 Å². The van der Waals surface area contributed by atoms with E-state index in [-0.39, 0.29) is 5.56 Å². The largest absolute Gasteiger partial charge is 0.480 e. The van der Waals surface area contributed by atoms with Crippen molar-refractivity contribution in [2.45, 2.75) is 6.04 Å². The summed E-state index contributed by atoms with van der Waals surface area (Å²) in [5.74, 6) is -2.80. The molecular formula is C10H8F2N2O2. The zero-order valence-electron chi connectivity index (χ0n) is 8.08. The lowest BCUT2D eigenvalue weighted by Crippen LogP contribution is -2.27. The Hall–Kier alpha value is -2.00. The molecule has 0 saturated carbocycles. The van der Waals surface area contributed by atoms with Crippen LogP contribution in [0.3, 0.4) is 0 Å². The number of hydrogen-bond acceptors (Lipinski definition) is 3. The molecule has 1 rings (SSSR count). The molecule has 6 heteroatoms. The van der Waals surface area contributed by atoms with Crippen molar-refractivity contribution in [3.05, 3.63) is 35.4 Å². The molecule has 0 spiro atoms. The maximum Gasteiger partial charge on any atom is 0.317 e. The number of carboxylic acid groups (broad SMARTS) is 1. The van der Waals surface area contributed by atoms with E-state index in [4.69, 9.17) is 10.4 Å². The van der Waals surface area contributed by atoms with Crippen LogP contribution in [-0.4, -0.2) is 17.6 Å². The molecule has 1 atom stereocenters. The van der Waals surface area contributed by atoms with E-state index in [1.165, 1.54) is 0 Å². The minimum Gasteiger partial charge on any atom is -0.480 e. The number of carbonyl (C=O) groups is 1. The van der Waals surface area contributed by atoms with Crippen molar-refractivity contribution in [1.82, 2.24) is 5.32 Å². The Morgan fingerprint density at radius 2 is 2.25 bits per heavy atom. The van der Waals surface area contributed by atoms with Gasteiger partial charge in [-0.05, 0) is 6.07 Å². The Bertz CT molecular complexity index is 443. The van der Waals surface area contributed by atoms with Gasteiger partial charge < -0.3 is 5.11 Å². The Morgan fingerprint density at radius 1 is 1.56 bits per heavy atom. The zero-order valence-corrected chi connectivity index (χ0v) is 8.08. The van der Waals surface area contributed by atoms with Crippen LogP contribution in [0.2, 0.25) is 0 Å². The molecular weight excluding hydrogens is 218 g/mol. The summed E-state index contributed by atoms with van der Waals surface area (Å²) in [5, 5.41) is 19.4. The molecule has 84 valence electrons. The number of nitrogens with zero attached hydrogens (tertiary/aromatic N) is 1. The fraction of sp³-hybridized carbons (Fsp3) is 0.200. The molecule has 1 unspecified atom stereocenters. The first-order valence-electron chi connectivity index (χ1n) is 4.34. The van der Waals surface area contributed by atoms with Crippen LogP contribution in [0.4, 0.5) is 8.78 Å². The SMILES string of the molecule is N#CC(NCC(=O)O)c1ccc(F)cc1F. The van der Waals surface area contributed by atoms with Crippen molar-refractivity contribution in [3.8, 4) is 6.07 Å². The van der Waals surface area contributed by atoms with Crippen LogP contribution < -0.4 is 5.32 Å². The first kappa shape index (κ1) is 12.1. The normalized spacial score (nSPS) is 11.8. The highest BCUT2D eigenvalue weighted by Crippen LogP contribution is 2.17. The summed E-state index contributed by atoms with van der Waals surface area (Å²) >= 11 is 0. The predicted molar refractivity (Wildman–Crippen MR) is 50.4 cm³/mol. The first-order valence-corrected chi connectivity index (χ1v) is 4.34. The topological polar surface area (TPSA) is 73.1 Å². The van der Waals surface area contributed by atoms with E-state index in [0.717, 1.165) is 12.1 Å². The summed E-state index contributed by atoms with van der Waals surface area (Å²) < 4.78 is 25.8. The van der Waals surface area contributed by atoms with Gasteiger partial charge in [0.15, 0.2) is 0 Å². The third kappa shape index (κ3) is 3.00. The molecule has 0 aliphatic heterocycles. The van der Waals surface area contributed by atoms with Crippen molar-refractivity contribution in [1.29, 1.82) is 5.26 Å². The molecule has 0 bridgehead atoms. The molecule has 0 fully saturated rings. The fourth-order valence-corrected chi connectivity index (χ4v) is 1.15. The number of aliphatic carboxylic acids is 1. The van der Waals surface area contributed by atoms with Crippen molar-refractivity contribution >= 4 is 5.97 Å². The van der Waals surface area contributed by atoms with Crippen LogP contribution in [-0.2, 0) is 4.79 Å². The molecule has 1 aromatic rings. The van der Waals surface area contributed by atoms with Crippen LogP contribution in [0.15, 0.2) is 18.2 Å². The lowest BCUT2D eigenvalue weighted by molar-refractivity contribution is -0.136. The fourth-order valence-electron chi connectivity index (χ4n) is 1.15. The van der Waals surface area contributed by atoms with Gasteiger partial charge in [-0.25, -0.2) is 8.78 Å². The lowest BCUT2D eigenvalue weighted by Gasteiger charge is -2.10. The molecule has 0 heterocycles. The van der Waals surface area contributed by atoms with E-state index in [1.54, 1.807) is 6.07 Å². The maximum atomic E-state index is 13.2. The van der Waals surface area contributed by atoms with E-state index < -0.39 is 30.2 Å². The van der Waals surface area contributed by atoms with Gasteiger partial charge in [0.25, 0.3) is 0 Å². The summed E-state index contributed by atoms with van der Waals surface area (Å²) in [5.41, 5.74) is -0.0786. The van der Waals surface area contributed by atoms with Crippen molar-refractivity contribution in [2.75, 3.05) is 6.54 Å². The number of halogens is 2. The quantitative estimate of drug-likeness (QED) is 0.809. The Morgan fingerprint density at radius 3 is 2.75 bits per heavy atom. The number of nitriles is 1. The van der Waals surface area contributed by atoms with Crippen LogP contribution >= 0.6 is 0 Å². The molecule has 16 heavy (non-hydrogen) atoms. The van der Waals surface area contributed by atoms with Gasteiger partial charge in [-0.15, -0.1) is 0 Å². The number of benzene rings is 1. The van der Waals surface area contributed by atoms with Gasteiger partial charge in [0.1, 0.15) is 17.7 Å². The number of hydrogen-bond donors (Lipinski definition) is 2. The highest BCUT2D eigenvalue weighted by atomic mass is 19.1. The van der Waals surface area contributed by atoms with Gasteiger partial charge in [0.2, 0.25) is 0 Å². The van der Waals surface area contributed by atoms with Crippen LogP contribution in [0.1, 0.15) is 11.6 Å². The third-order valence-electron chi connectivity index (χ3n) is 1.86. The second-order valence-corrected chi connectivity index (χ2v) is 3.00. The summed E-state index contributed by atoms with van der Waals surface area (Å²) in [6.45, 7) is -0.477. The molecule has 0 amide bonds. The number of nitrogens with one attached hydrogen (secondary N) is 1. The van der Waals surface area contributed by atoms with Crippen molar-refractivity contribution < 1.29 is 18.7 Å². The van der Waals surface area contributed by atoms with E-state index in [2.05, 4.69) is 5.32 Å². The molecule has 1 aromatic carbocycles. The van der Waals surface area contributed by atoms with Gasteiger partial charge in [-0.3, -0.25) is 10.1 Å². The van der Waals surface area contributed by atoms with Gasteiger partial charge >= 0.3 is 5.97 Å². The average Bonchev–Trinajstić information content (AvgIpc) is 2.21. The van der Waals surface area contributed by atoms with E-state index in [0.29, 0.717) is 6.07 Å². The lowest BCUT2D eigenvalue weighted by atomic mass is 10.1. The number of rotatable bonds is 4. The molecule has 0 aromatic heterocycles. The molecule has 0 aliphatic rings. The average molecular weight is 226 g/mol. The van der Waals surface area contributed by atoms with Crippen molar-refractivity contribution in [2.24, 2.45) is 0 Å². The summed E-state index contributed by atoms with van der Waals surface area (Å²) in [4.78, 5) is 10.3.